The first kappa shape index (κ1) is 68.0. The van der Waals surface area contributed by atoms with E-state index in [4.69, 9.17) is 33.8 Å². The third-order valence-electron chi connectivity index (χ3n) is 24.7. The fourth-order valence-electron chi connectivity index (χ4n) is 18.9. The zero-order valence-corrected chi connectivity index (χ0v) is 65.2. The van der Waals surface area contributed by atoms with E-state index in [1.807, 2.05) is 18.2 Å². The molecule has 7 heterocycles. The Morgan fingerprint density at radius 1 is 0.207 bits per heavy atom. The van der Waals surface area contributed by atoms with Crippen LogP contribution in [0.1, 0.15) is 11.1 Å². The molecule has 0 spiro atoms. The molecule has 0 N–H and O–H groups in total. The molecule has 0 amide bonds. The monoisotopic (exact) mass is 1540 g/mol. The lowest BCUT2D eigenvalue weighted by Crippen LogP contribution is -2.06. The summed E-state index contributed by atoms with van der Waals surface area (Å²) >= 11 is 0. The Balaban J connectivity index is 0.630. The summed E-state index contributed by atoms with van der Waals surface area (Å²) in [6.45, 7) is 0. The van der Waals surface area contributed by atoms with Gasteiger partial charge in [0, 0.05) is 77.3 Å². The number of fused-ring (bicyclic) bond motifs is 20. The van der Waals surface area contributed by atoms with Crippen LogP contribution >= 0.6 is 0 Å². The number of hydrogen-bond acceptors (Lipinski definition) is 7. The number of hydrogen-bond donors (Lipinski definition) is 0. The number of benzene rings is 18. The van der Waals surface area contributed by atoms with Crippen molar-refractivity contribution in [2.75, 3.05) is 0 Å². The second-order valence-corrected chi connectivity index (χ2v) is 31.8. The van der Waals surface area contributed by atoms with Gasteiger partial charge < -0.3 is 18.0 Å². The Hall–Kier alpha value is -16.2. The maximum absolute atomic E-state index is 7.24. The maximum atomic E-state index is 7.24. The SMILES string of the molecule is c1ccc(-c2ccc(-c3nc(-c4cccc(-c5ccccc5)c4)c4c(n3)-c3c(ccc5c3oc3ccccc35)-n3c5cc(ccc5c5cc6cc(-c7cccc(-c8cccc(-c9nc(-c%10cccc(-c%11ccccc%11)c%10)nc(-c%10c(-n%11c%12ccccc%12c%12cc%13ccccc%13cc%12%11)ccc%11c%10oc%10ccccc%10%11)n9)c8)c7)ccc6cc53)C4)cc2)cc1. The molecule has 0 saturated heterocycles. The fraction of sp³-hybridized carbons (Fsp3) is 0.00893. The van der Waals surface area contributed by atoms with Crippen LogP contribution in [0.3, 0.4) is 0 Å². The Bertz CT molecular complexity index is 8430. The average molecular weight is 1540 g/mol. The Labute approximate surface area is 694 Å². The minimum atomic E-state index is 0.488. The molecule has 0 radical (unpaired) electrons. The standard InChI is InChI=1S/C112H67N7O2/c1-4-22-68(23-5-1)71-45-47-72(48-46-71)109-113-105(82-35-19-30-73(59-82)69-24-6-2-7-25-69)94-56-67-44-51-87-93-64-85-62-80(49-50-81(85)66-100(93)119(98(87)57-67)96-54-52-90-88-39-13-16-42-101(88)120-107(90)103(96)106(94)114-109)76-33-18-32-75(58-76)77-34-21-37-84(61-77)111-115-110(83-36-20-31-74(60-83)70-26-8-3-9-27-70)116-112(117-111)104-97(55-53-91-89-40-14-17-43-102(89)121-108(91)104)118-95-41-15-12-38-86(95)92-63-78-28-10-11-29-79(78)65-99(92)118/h1-55,57-66H,56H2. The molecule has 6 aromatic heterocycles. The van der Waals surface area contributed by atoms with Crippen LogP contribution in [0, 0.1) is 0 Å². The minimum Gasteiger partial charge on any atom is -0.455 e. The van der Waals surface area contributed by atoms with E-state index in [-0.39, 0.29) is 0 Å². The van der Waals surface area contributed by atoms with Crippen LogP contribution < -0.4 is 0 Å². The van der Waals surface area contributed by atoms with Crippen LogP contribution in [-0.2, 0) is 6.42 Å². The van der Waals surface area contributed by atoms with Crippen LogP contribution in [0.15, 0.2) is 403 Å². The first-order valence-corrected chi connectivity index (χ1v) is 41.1. The largest absolute Gasteiger partial charge is 0.455 e. The molecule has 0 fully saturated rings. The van der Waals surface area contributed by atoms with Gasteiger partial charge in [0.15, 0.2) is 23.3 Å². The van der Waals surface area contributed by atoms with Gasteiger partial charge >= 0.3 is 0 Å². The van der Waals surface area contributed by atoms with Gasteiger partial charge in [0.05, 0.1) is 56.0 Å². The number of aromatic nitrogens is 7. The Morgan fingerprint density at radius 2 is 0.595 bits per heavy atom. The summed E-state index contributed by atoms with van der Waals surface area (Å²) in [6.07, 6.45) is 0.561. The van der Waals surface area contributed by atoms with Crippen molar-refractivity contribution >= 4 is 109 Å². The second-order valence-electron chi connectivity index (χ2n) is 31.8. The summed E-state index contributed by atoms with van der Waals surface area (Å²) in [5.74, 6) is 2.19. The summed E-state index contributed by atoms with van der Waals surface area (Å²) in [5, 5.41) is 13.2. The summed E-state index contributed by atoms with van der Waals surface area (Å²) in [5.41, 5.74) is 29.4. The number of nitrogens with zero attached hydrogens (tertiary/aromatic N) is 7. The summed E-state index contributed by atoms with van der Waals surface area (Å²) in [4.78, 5) is 28.3. The number of para-hydroxylation sites is 3. The van der Waals surface area contributed by atoms with E-state index in [1.165, 1.54) is 5.39 Å². The highest BCUT2D eigenvalue weighted by atomic mass is 16.3. The molecule has 25 rings (SSSR count). The molecule has 0 atom stereocenters. The van der Waals surface area contributed by atoms with E-state index in [0.29, 0.717) is 35.3 Å². The van der Waals surface area contributed by atoms with Crippen LogP contribution in [0.4, 0.5) is 0 Å². The van der Waals surface area contributed by atoms with E-state index in [0.717, 1.165) is 221 Å². The lowest BCUT2D eigenvalue weighted by atomic mass is 9.91. The van der Waals surface area contributed by atoms with E-state index < -0.39 is 0 Å². The summed E-state index contributed by atoms with van der Waals surface area (Å²) in [6, 6.07) is 141. The van der Waals surface area contributed by atoms with Crippen molar-refractivity contribution in [1.82, 2.24) is 34.1 Å². The smallest absolute Gasteiger partial charge is 0.170 e. The molecule has 9 heteroatoms. The molecule has 1 aliphatic heterocycles. The average Bonchev–Trinajstić information content (AvgIpc) is 1.57. The predicted octanol–water partition coefficient (Wildman–Crippen LogP) is 29.2. The molecule has 2 bridgehead atoms. The predicted molar refractivity (Wildman–Crippen MR) is 496 cm³/mol. The van der Waals surface area contributed by atoms with Crippen molar-refractivity contribution < 1.29 is 8.83 Å². The molecule has 18 aromatic carbocycles. The maximum Gasteiger partial charge on any atom is 0.170 e. The van der Waals surface area contributed by atoms with Gasteiger partial charge in [-0.1, -0.05) is 291 Å². The topological polar surface area (TPSA) is 101 Å². The van der Waals surface area contributed by atoms with E-state index >= 15 is 0 Å². The number of rotatable bonds is 11. The van der Waals surface area contributed by atoms with E-state index in [9.17, 15) is 0 Å². The molecule has 0 unspecified atom stereocenters. The fourth-order valence-corrected chi connectivity index (χ4v) is 18.9. The van der Waals surface area contributed by atoms with Gasteiger partial charge in [-0.25, -0.2) is 24.9 Å². The minimum absolute atomic E-state index is 0.488. The highest BCUT2D eigenvalue weighted by Crippen LogP contribution is 2.50. The van der Waals surface area contributed by atoms with Crippen LogP contribution in [0.25, 0.3) is 244 Å². The Kier molecular flexibility index (Phi) is 15.3. The summed E-state index contributed by atoms with van der Waals surface area (Å²) in [7, 11) is 0. The van der Waals surface area contributed by atoms with Gasteiger partial charge in [-0.15, -0.1) is 0 Å². The lowest BCUT2D eigenvalue weighted by Gasteiger charge is -2.19. The number of furan rings is 2. The van der Waals surface area contributed by atoms with Crippen LogP contribution in [-0.4, -0.2) is 34.1 Å². The highest BCUT2D eigenvalue weighted by Gasteiger charge is 2.31. The van der Waals surface area contributed by atoms with Gasteiger partial charge in [-0.3, -0.25) is 0 Å². The van der Waals surface area contributed by atoms with Crippen molar-refractivity contribution in [3.05, 3.63) is 405 Å². The molecular formula is C112H67N7O2. The van der Waals surface area contributed by atoms with Gasteiger partial charge in [0.1, 0.15) is 22.3 Å². The molecule has 121 heavy (non-hydrogen) atoms. The van der Waals surface area contributed by atoms with Crippen LogP contribution in [0.5, 0.6) is 0 Å². The van der Waals surface area contributed by atoms with Crippen molar-refractivity contribution in [3.8, 4) is 135 Å². The molecule has 0 saturated carbocycles. The van der Waals surface area contributed by atoms with Gasteiger partial charge in [-0.05, 0) is 186 Å². The molecule has 9 nitrogen and oxygen atoms in total. The van der Waals surface area contributed by atoms with Crippen molar-refractivity contribution in [1.29, 1.82) is 0 Å². The molecule has 1 aliphatic rings. The quantitative estimate of drug-likeness (QED) is 0.127. The third kappa shape index (κ3) is 11.2. The van der Waals surface area contributed by atoms with Crippen molar-refractivity contribution in [2.24, 2.45) is 0 Å². The van der Waals surface area contributed by atoms with Gasteiger partial charge in [0.25, 0.3) is 0 Å². The molecular weight excluding hydrogens is 1480 g/mol. The van der Waals surface area contributed by atoms with Gasteiger partial charge in [-0.2, -0.15) is 0 Å². The van der Waals surface area contributed by atoms with Gasteiger partial charge in [0.2, 0.25) is 0 Å². The molecule has 0 aliphatic carbocycles. The van der Waals surface area contributed by atoms with E-state index in [1.54, 1.807) is 0 Å². The zero-order chi connectivity index (χ0) is 79.3. The highest BCUT2D eigenvalue weighted by molar-refractivity contribution is 6.19. The first-order chi connectivity index (χ1) is 59.9. The Morgan fingerprint density at radius 3 is 1.21 bits per heavy atom. The normalized spacial score (nSPS) is 12.1. The lowest BCUT2D eigenvalue weighted by molar-refractivity contribution is 0.669. The second kappa shape index (κ2) is 27.2. The first-order valence-electron chi connectivity index (χ1n) is 41.1. The molecule has 562 valence electrons. The van der Waals surface area contributed by atoms with E-state index in [2.05, 4.69) is 385 Å². The van der Waals surface area contributed by atoms with Crippen molar-refractivity contribution in [3.63, 3.8) is 0 Å². The van der Waals surface area contributed by atoms with Crippen molar-refractivity contribution in [2.45, 2.75) is 6.42 Å². The summed E-state index contributed by atoms with van der Waals surface area (Å²) < 4.78 is 19.2. The third-order valence-corrected chi connectivity index (χ3v) is 24.7. The molecule has 24 aromatic rings. The zero-order valence-electron chi connectivity index (χ0n) is 65.2. The van der Waals surface area contributed by atoms with Crippen LogP contribution in [0.2, 0.25) is 0 Å².